The second-order valence-corrected chi connectivity index (χ2v) is 11.5. The van der Waals surface area contributed by atoms with Crippen LogP contribution in [0.3, 0.4) is 0 Å². The van der Waals surface area contributed by atoms with Crippen LogP contribution in [0.4, 0.5) is 8.78 Å². The fraction of sp³-hybridized carbons (Fsp3) is 0.357. The first-order valence-electron chi connectivity index (χ1n) is 11.6. The molecule has 3 rings (SSSR count). The van der Waals surface area contributed by atoms with Gasteiger partial charge in [-0.1, -0.05) is 91.0 Å². The van der Waals surface area contributed by atoms with Crippen LogP contribution in [0, 0.1) is 0 Å². The quantitative estimate of drug-likeness (QED) is 0.363. The summed E-state index contributed by atoms with van der Waals surface area (Å²) in [5.74, 6) is 0. The zero-order valence-corrected chi connectivity index (χ0v) is 20.8. The van der Waals surface area contributed by atoms with Crippen molar-refractivity contribution >= 4 is 11.0 Å². The molecule has 0 amide bonds. The van der Waals surface area contributed by atoms with Crippen LogP contribution in [0.15, 0.2) is 91.0 Å². The van der Waals surface area contributed by atoms with E-state index in [-0.39, 0.29) is 0 Å². The molecule has 6 heteroatoms. The number of nitrogens with one attached hydrogen (secondary N) is 1. The van der Waals surface area contributed by atoms with E-state index in [1.165, 1.54) is 0 Å². The average molecular weight is 485 g/mol. The summed E-state index contributed by atoms with van der Waals surface area (Å²) in [6.07, 6.45) is -2.28. The van der Waals surface area contributed by atoms with Crippen LogP contribution in [0.1, 0.15) is 37.5 Å². The minimum absolute atomic E-state index is 0.407. The van der Waals surface area contributed by atoms with Gasteiger partial charge in [-0.3, -0.25) is 4.90 Å². The molecule has 0 bridgehead atoms. The number of halogens is 2. The van der Waals surface area contributed by atoms with E-state index in [1.54, 1.807) is 20.8 Å². The molecule has 0 aliphatic carbocycles. The molecule has 3 aromatic carbocycles. The summed E-state index contributed by atoms with van der Waals surface area (Å²) >= 11 is 0. The maximum Gasteiger partial charge on any atom is 0.256 e. The van der Waals surface area contributed by atoms with Crippen molar-refractivity contribution in [3.8, 4) is 0 Å². The van der Waals surface area contributed by atoms with E-state index in [0.29, 0.717) is 19.5 Å². The molecule has 3 aromatic rings. The average Bonchev–Trinajstić information content (AvgIpc) is 2.82. The molecule has 0 aliphatic heterocycles. The van der Waals surface area contributed by atoms with Crippen molar-refractivity contribution in [3.05, 3.63) is 108 Å². The van der Waals surface area contributed by atoms with Crippen LogP contribution in [-0.4, -0.2) is 32.4 Å². The molecular formula is C28H34F2N2OS. The van der Waals surface area contributed by atoms with E-state index in [2.05, 4.69) is 9.62 Å². The highest BCUT2D eigenvalue weighted by Gasteiger charge is 2.37. The van der Waals surface area contributed by atoms with Crippen molar-refractivity contribution in [1.29, 1.82) is 0 Å². The van der Waals surface area contributed by atoms with E-state index in [0.717, 1.165) is 16.7 Å². The zero-order valence-electron chi connectivity index (χ0n) is 20.0. The second kappa shape index (κ2) is 12.3. The summed E-state index contributed by atoms with van der Waals surface area (Å²) in [5.41, 5.74) is 3.05. The lowest BCUT2D eigenvalue weighted by Gasteiger charge is -2.38. The van der Waals surface area contributed by atoms with E-state index < -0.39 is 34.2 Å². The van der Waals surface area contributed by atoms with Crippen LogP contribution in [0.5, 0.6) is 0 Å². The Kier molecular flexibility index (Phi) is 9.51. The molecule has 0 radical (unpaired) electrons. The number of nitrogens with zero attached hydrogens (tertiary/aromatic N) is 1. The van der Waals surface area contributed by atoms with E-state index >= 15 is 0 Å². The lowest BCUT2D eigenvalue weighted by molar-refractivity contribution is 0.0421. The summed E-state index contributed by atoms with van der Waals surface area (Å²) in [4.78, 5) is 2.08. The molecule has 34 heavy (non-hydrogen) atoms. The Bertz CT molecular complexity index is 969. The smallest absolute Gasteiger partial charge is 0.256 e. The van der Waals surface area contributed by atoms with Gasteiger partial charge in [-0.25, -0.2) is 17.7 Å². The topological polar surface area (TPSA) is 32.3 Å². The van der Waals surface area contributed by atoms with Gasteiger partial charge in [0.15, 0.2) is 0 Å². The van der Waals surface area contributed by atoms with Crippen molar-refractivity contribution in [1.82, 2.24) is 9.62 Å². The monoisotopic (exact) mass is 484 g/mol. The summed E-state index contributed by atoms with van der Waals surface area (Å²) in [6.45, 7) is 6.37. The van der Waals surface area contributed by atoms with Gasteiger partial charge in [-0.2, -0.15) is 0 Å². The minimum atomic E-state index is -2.69. The molecule has 0 unspecified atom stereocenters. The van der Waals surface area contributed by atoms with Crippen molar-refractivity contribution in [3.63, 3.8) is 0 Å². The molecular weight excluding hydrogens is 450 g/mol. The zero-order chi connectivity index (χ0) is 24.6. The molecule has 182 valence electrons. The first-order valence-corrected chi connectivity index (χ1v) is 12.7. The van der Waals surface area contributed by atoms with Gasteiger partial charge in [0.25, 0.3) is 6.43 Å². The molecule has 0 aromatic heterocycles. The van der Waals surface area contributed by atoms with Crippen LogP contribution < -0.4 is 4.72 Å². The van der Waals surface area contributed by atoms with Crippen LogP contribution in [-0.2, 0) is 30.5 Å². The Hall–Kier alpha value is -2.41. The number of hydrogen-bond donors (Lipinski definition) is 1. The predicted molar refractivity (Wildman–Crippen MR) is 137 cm³/mol. The molecule has 0 heterocycles. The second-order valence-electron chi connectivity index (χ2n) is 9.49. The van der Waals surface area contributed by atoms with Crippen molar-refractivity contribution < 1.29 is 13.0 Å². The predicted octanol–water partition coefficient (Wildman–Crippen LogP) is 5.99. The third-order valence-electron chi connectivity index (χ3n) is 5.70. The Balaban J connectivity index is 2.02. The normalized spacial score (nSPS) is 14.8. The molecule has 0 aliphatic rings. The van der Waals surface area contributed by atoms with Gasteiger partial charge in [-0.05, 0) is 43.9 Å². The molecule has 3 atom stereocenters. The minimum Gasteiger partial charge on any atom is -0.290 e. The van der Waals surface area contributed by atoms with Gasteiger partial charge in [0.1, 0.15) is 0 Å². The lowest BCUT2D eigenvalue weighted by atomic mass is 9.97. The highest BCUT2D eigenvalue weighted by Crippen LogP contribution is 2.24. The summed E-state index contributed by atoms with van der Waals surface area (Å²) in [6, 6.07) is 27.6. The van der Waals surface area contributed by atoms with E-state index in [4.69, 9.17) is 0 Å². The fourth-order valence-corrected chi connectivity index (χ4v) is 4.72. The van der Waals surface area contributed by atoms with Crippen molar-refractivity contribution in [2.45, 2.75) is 63.5 Å². The van der Waals surface area contributed by atoms with E-state index in [1.807, 2.05) is 91.0 Å². The first kappa shape index (κ1) is 26.2. The Morgan fingerprint density at radius 1 is 0.765 bits per heavy atom. The maximum absolute atomic E-state index is 14.6. The molecule has 0 spiro atoms. The van der Waals surface area contributed by atoms with Crippen LogP contribution in [0.25, 0.3) is 0 Å². The molecule has 1 N–H and O–H groups in total. The summed E-state index contributed by atoms with van der Waals surface area (Å²) in [5, 5.41) is 0. The highest BCUT2D eigenvalue weighted by atomic mass is 32.2. The number of benzene rings is 3. The van der Waals surface area contributed by atoms with Gasteiger partial charge in [-0.15, -0.1) is 0 Å². The Morgan fingerprint density at radius 2 is 1.18 bits per heavy atom. The van der Waals surface area contributed by atoms with Gasteiger partial charge in [0, 0.05) is 19.1 Å². The van der Waals surface area contributed by atoms with Gasteiger partial charge in [0.05, 0.1) is 21.8 Å². The fourth-order valence-electron chi connectivity index (χ4n) is 3.86. The Labute approximate surface area is 204 Å². The van der Waals surface area contributed by atoms with Crippen LogP contribution >= 0.6 is 0 Å². The van der Waals surface area contributed by atoms with Gasteiger partial charge < -0.3 is 0 Å². The van der Waals surface area contributed by atoms with Crippen molar-refractivity contribution in [2.75, 3.05) is 0 Å². The van der Waals surface area contributed by atoms with Crippen LogP contribution in [0.2, 0.25) is 0 Å². The van der Waals surface area contributed by atoms with Crippen molar-refractivity contribution in [2.24, 2.45) is 0 Å². The van der Waals surface area contributed by atoms with E-state index in [9.17, 15) is 13.0 Å². The molecule has 0 saturated heterocycles. The maximum atomic E-state index is 14.6. The third kappa shape index (κ3) is 7.83. The number of hydrogen-bond acceptors (Lipinski definition) is 2. The molecule has 0 saturated carbocycles. The SMILES string of the molecule is CC(C)(C)[S@@](=O)N[C@H](C(F)F)[C@H](Cc1ccccc1)N(Cc1ccccc1)Cc1ccccc1. The summed E-state index contributed by atoms with van der Waals surface area (Å²) < 4.78 is 44.3. The highest BCUT2D eigenvalue weighted by molar-refractivity contribution is 7.84. The van der Waals surface area contributed by atoms with Gasteiger partial charge >= 0.3 is 0 Å². The van der Waals surface area contributed by atoms with Gasteiger partial charge in [0.2, 0.25) is 0 Å². The third-order valence-corrected chi connectivity index (χ3v) is 7.30. The number of rotatable bonds is 11. The Morgan fingerprint density at radius 3 is 1.56 bits per heavy atom. The lowest BCUT2D eigenvalue weighted by Crippen LogP contribution is -2.56. The molecule has 0 fully saturated rings. The largest absolute Gasteiger partial charge is 0.290 e. The molecule has 3 nitrogen and oxygen atoms in total. The number of alkyl halides is 2. The summed E-state index contributed by atoms with van der Waals surface area (Å²) in [7, 11) is -1.63. The standard InChI is InChI=1S/C28H34F2N2OS/c1-28(2,3)34(33)31-26(27(29)30)25(19-22-13-7-4-8-14-22)32(20-23-15-9-5-10-16-23)21-24-17-11-6-12-18-24/h4-18,25-27,31H,19-21H2,1-3H3/t25-,26-,34+/m0/s1. The first-order chi connectivity index (χ1) is 16.2.